The maximum Gasteiger partial charge on any atom is 0.258 e. The first-order chi connectivity index (χ1) is 19.9. The minimum absolute atomic E-state index is 0.0595. The van der Waals surface area contributed by atoms with E-state index in [9.17, 15) is 18.8 Å². The van der Waals surface area contributed by atoms with E-state index in [1.54, 1.807) is 12.1 Å². The highest BCUT2D eigenvalue weighted by molar-refractivity contribution is 6.31. The van der Waals surface area contributed by atoms with Gasteiger partial charge in [-0.1, -0.05) is 11.6 Å². The molecular weight excluding hydrogens is 554 g/mol. The third-order valence-corrected chi connectivity index (χ3v) is 6.78. The van der Waals surface area contributed by atoms with Gasteiger partial charge in [0, 0.05) is 36.8 Å². The normalized spacial score (nSPS) is 13.5. The highest BCUT2D eigenvalue weighted by Gasteiger charge is 2.18. The summed E-state index contributed by atoms with van der Waals surface area (Å²) in [6.45, 7) is 4.29. The summed E-state index contributed by atoms with van der Waals surface area (Å²) in [7, 11) is 0. The van der Waals surface area contributed by atoms with Gasteiger partial charge < -0.3 is 20.1 Å². The summed E-state index contributed by atoms with van der Waals surface area (Å²) in [4.78, 5) is 24.1. The van der Waals surface area contributed by atoms with E-state index in [-0.39, 0.29) is 21.8 Å². The predicted octanol–water partition coefficient (Wildman–Crippen LogP) is 5.53. The molecule has 5 rings (SSSR count). The molecule has 2 N–H and O–H groups in total. The fourth-order valence-electron chi connectivity index (χ4n) is 4.36. The number of rotatable bonds is 9. The number of nitrogens with one attached hydrogen (secondary N) is 2. The van der Waals surface area contributed by atoms with E-state index >= 15 is 0 Å². The first-order valence-corrected chi connectivity index (χ1v) is 13.2. The van der Waals surface area contributed by atoms with Crippen LogP contribution in [-0.2, 0) is 4.74 Å². The molecule has 1 amide bonds. The van der Waals surface area contributed by atoms with Gasteiger partial charge in [-0.2, -0.15) is 5.26 Å². The van der Waals surface area contributed by atoms with Gasteiger partial charge in [0.25, 0.3) is 5.91 Å². The lowest BCUT2D eigenvalue weighted by molar-refractivity contribution is 0.0358. The van der Waals surface area contributed by atoms with Crippen molar-refractivity contribution >= 4 is 45.6 Å². The highest BCUT2D eigenvalue weighted by Crippen LogP contribution is 2.34. The Balaban J connectivity index is 1.45. The van der Waals surface area contributed by atoms with Crippen LogP contribution in [-0.4, -0.2) is 60.2 Å². The molecule has 0 radical (unpaired) electrons. The zero-order valence-corrected chi connectivity index (χ0v) is 22.5. The average molecular weight is 579 g/mol. The molecule has 3 aromatic carbocycles. The van der Waals surface area contributed by atoms with Crippen LogP contribution in [0.2, 0.25) is 5.02 Å². The number of ether oxygens (including phenoxy) is 2. The quantitative estimate of drug-likeness (QED) is 0.249. The molecule has 0 unspecified atom stereocenters. The first kappa shape index (κ1) is 28.2. The van der Waals surface area contributed by atoms with Gasteiger partial charge in [0.1, 0.15) is 29.5 Å². The number of fused-ring (bicyclic) bond motifs is 1. The lowest BCUT2D eigenvalue weighted by atomic mass is 10.1. The summed E-state index contributed by atoms with van der Waals surface area (Å²) < 4.78 is 39.7. The topological polar surface area (TPSA) is 112 Å². The summed E-state index contributed by atoms with van der Waals surface area (Å²) in [5.41, 5.74) is 1.11. The molecule has 0 atom stereocenters. The van der Waals surface area contributed by atoms with Crippen molar-refractivity contribution in [2.24, 2.45) is 0 Å². The number of hydrogen-bond acceptors (Lipinski definition) is 8. The molecule has 0 spiro atoms. The first-order valence-electron chi connectivity index (χ1n) is 12.9. The van der Waals surface area contributed by atoms with Crippen LogP contribution < -0.4 is 15.4 Å². The number of benzene rings is 3. The monoisotopic (exact) mass is 578 g/mol. The van der Waals surface area contributed by atoms with E-state index in [1.807, 2.05) is 6.07 Å². The number of anilines is 3. The number of nitriles is 1. The Morgan fingerprint density at radius 3 is 2.68 bits per heavy atom. The number of nitrogens with zero attached hydrogens (tertiary/aromatic N) is 4. The summed E-state index contributed by atoms with van der Waals surface area (Å²) >= 11 is 5.93. The largest absolute Gasteiger partial charge is 0.491 e. The number of hydrogen-bond donors (Lipinski definition) is 2. The summed E-state index contributed by atoms with van der Waals surface area (Å²) in [6, 6.07) is 12.9. The Bertz CT molecular complexity index is 1620. The molecular formula is C29H25ClF2N6O3. The summed E-state index contributed by atoms with van der Waals surface area (Å²) in [5, 5.41) is 15.5. The van der Waals surface area contributed by atoms with E-state index < -0.39 is 17.5 Å². The van der Waals surface area contributed by atoms with Crippen LogP contribution in [0.25, 0.3) is 10.9 Å². The molecule has 1 fully saturated rings. The van der Waals surface area contributed by atoms with Crippen LogP contribution in [0.1, 0.15) is 22.3 Å². The van der Waals surface area contributed by atoms with Gasteiger partial charge in [-0.15, -0.1) is 0 Å². The lowest BCUT2D eigenvalue weighted by Gasteiger charge is -2.26. The molecule has 12 heteroatoms. The zero-order valence-electron chi connectivity index (χ0n) is 21.8. The van der Waals surface area contributed by atoms with Crippen LogP contribution in [0.15, 0.2) is 54.9 Å². The van der Waals surface area contributed by atoms with Crippen LogP contribution in [0.4, 0.5) is 26.0 Å². The Labute approximate surface area is 239 Å². The molecule has 4 aromatic rings. The maximum absolute atomic E-state index is 14.5. The van der Waals surface area contributed by atoms with Crippen molar-refractivity contribution in [1.82, 2.24) is 14.9 Å². The lowest BCUT2D eigenvalue weighted by Crippen LogP contribution is -2.37. The standard InChI is InChI=1S/C29H25ClF2N6O3/c30-22-13-19(3-5-24(22)32)36-28-21-14-26(37-29(39)20-12-18(16-33)2-4-23(20)31)27(15-25(21)34-17-35-28)41-9-1-6-38-7-10-40-11-8-38/h2-5,12-15,17H,1,6-11H2,(H,37,39)(H,34,35,36). The van der Waals surface area contributed by atoms with Crippen molar-refractivity contribution in [2.45, 2.75) is 6.42 Å². The fraction of sp³-hybridized carbons (Fsp3) is 0.241. The number of aromatic nitrogens is 2. The molecule has 2 heterocycles. The number of halogens is 3. The summed E-state index contributed by atoms with van der Waals surface area (Å²) in [5.74, 6) is -1.38. The zero-order chi connectivity index (χ0) is 28.8. The highest BCUT2D eigenvalue weighted by atomic mass is 35.5. The van der Waals surface area contributed by atoms with E-state index in [0.717, 1.165) is 32.1 Å². The molecule has 210 valence electrons. The molecule has 41 heavy (non-hydrogen) atoms. The molecule has 1 aliphatic heterocycles. The summed E-state index contributed by atoms with van der Waals surface area (Å²) in [6.07, 6.45) is 2.09. The van der Waals surface area contributed by atoms with Crippen LogP contribution in [0.3, 0.4) is 0 Å². The third-order valence-electron chi connectivity index (χ3n) is 6.49. The maximum atomic E-state index is 14.5. The van der Waals surface area contributed by atoms with Gasteiger partial charge >= 0.3 is 0 Å². The Kier molecular flexibility index (Phi) is 8.84. The molecule has 0 saturated carbocycles. The molecule has 9 nitrogen and oxygen atoms in total. The molecule has 1 saturated heterocycles. The molecule has 1 aliphatic rings. The van der Waals surface area contributed by atoms with Gasteiger partial charge in [0.2, 0.25) is 0 Å². The number of morpholine rings is 1. The van der Waals surface area contributed by atoms with Crippen LogP contribution >= 0.6 is 11.6 Å². The molecule has 0 bridgehead atoms. The number of amides is 1. The second-order valence-electron chi connectivity index (χ2n) is 9.26. The van der Waals surface area contributed by atoms with E-state index in [0.29, 0.717) is 48.0 Å². The van der Waals surface area contributed by atoms with E-state index in [4.69, 9.17) is 21.1 Å². The van der Waals surface area contributed by atoms with Gasteiger partial charge in [0.15, 0.2) is 0 Å². The van der Waals surface area contributed by atoms with Gasteiger partial charge in [-0.3, -0.25) is 9.69 Å². The van der Waals surface area contributed by atoms with E-state index in [1.165, 1.54) is 36.7 Å². The smallest absolute Gasteiger partial charge is 0.258 e. The van der Waals surface area contributed by atoms with Crippen molar-refractivity contribution in [3.05, 3.63) is 82.6 Å². The predicted molar refractivity (Wildman–Crippen MR) is 151 cm³/mol. The minimum Gasteiger partial charge on any atom is -0.491 e. The van der Waals surface area contributed by atoms with Crippen LogP contribution in [0.5, 0.6) is 5.75 Å². The van der Waals surface area contributed by atoms with Crippen LogP contribution in [0, 0.1) is 23.0 Å². The van der Waals surface area contributed by atoms with Crippen molar-refractivity contribution in [2.75, 3.05) is 50.1 Å². The Hall–Kier alpha value is -4.37. The minimum atomic E-state index is -0.769. The Morgan fingerprint density at radius 1 is 1.10 bits per heavy atom. The van der Waals surface area contributed by atoms with Gasteiger partial charge in [-0.25, -0.2) is 18.7 Å². The number of carbonyl (C=O) groups excluding carboxylic acids is 1. The van der Waals surface area contributed by atoms with Crippen molar-refractivity contribution in [1.29, 1.82) is 5.26 Å². The Morgan fingerprint density at radius 2 is 1.90 bits per heavy atom. The molecule has 1 aromatic heterocycles. The average Bonchev–Trinajstić information content (AvgIpc) is 2.98. The second kappa shape index (κ2) is 12.9. The second-order valence-corrected chi connectivity index (χ2v) is 9.67. The van der Waals surface area contributed by atoms with Crippen molar-refractivity contribution in [3.63, 3.8) is 0 Å². The van der Waals surface area contributed by atoms with Crippen molar-refractivity contribution in [3.8, 4) is 11.8 Å². The SMILES string of the molecule is N#Cc1ccc(F)c(C(=O)Nc2cc3c(Nc4ccc(F)c(Cl)c4)ncnc3cc2OCCCN2CCOCC2)c1. The van der Waals surface area contributed by atoms with Gasteiger partial charge in [0.05, 0.1) is 53.2 Å². The van der Waals surface area contributed by atoms with E-state index in [2.05, 4.69) is 25.5 Å². The fourth-order valence-corrected chi connectivity index (χ4v) is 4.55. The van der Waals surface area contributed by atoms with Gasteiger partial charge in [-0.05, 0) is 48.9 Å². The third kappa shape index (κ3) is 6.86. The van der Waals surface area contributed by atoms with Crippen molar-refractivity contribution < 1.29 is 23.0 Å². The number of carbonyl (C=O) groups is 1. The molecule has 0 aliphatic carbocycles.